The number of hydrogen-bond donors (Lipinski definition) is 2. The van der Waals surface area contributed by atoms with Crippen molar-refractivity contribution in [1.29, 1.82) is 0 Å². The zero-order valence-electron chi connectivity index (χ0n) is 11.2. The lowest BCUT2D eigenvalue weighted by Crippen LogP contribution is -2.49. The van der Waals surface area contributed by atoms with Gasteiger partial charge in [-0.1, -0.05) is 0 Å². The SMILES string of the molecule is CS(=O)(=O)OCC1(Nc2ccc3[nH]ncc3c2)CCC1. The van der Waals surface area contributed by atoms with Gasteiger partial charge in [0.15, 0.2) is 0 Å². The zero-order valence-corrected chi connectivity index (χ0v) is 12.0. The van der Waals surface area contributed by atoms with Crippen LogP contribution in [0.1, 0.15) is 19.3 Å². The molecule has 1 aliphatic carbocycles. The van der Waals surface area contributed by atoms with Crippen molar-refractivity contribution >= 4 is 26.7 Å². The number of hydrogen-bond acceptors (Lipinski definition) is 5. The highest BCUT2D eigenvalue weighted by molar-refractivity contribution is 7.85. The van der Waals surface area contributed by atoms with Gasteiger partial charge in [-0.25, -0.2) is 0 Å². The van der Waals surface area contributed by atoms with E-state index in [1.807, 2.05) is 18.2 Å². The molecule has 1 saturated carbocycles. The van der Waals surface area contributed by atoms with E-state index in [-0.39, 0.29) is 12.1 Å². The van der Waals surface area contributed by atoms with Crippen LogP contribution in [0.4, 0.5) is 5.69 Å². The van der Waals surface area contributed by atoms with Crippen molar-refractivity contribution in [1.82, 2.24) is 10.2 Å². The molecular weight excluding hydrogens is 278 g/mol. The van der Waals surface area contributed by atoms with Gasteiger partial charge < -0.3 is 5.32 Å². The lowest BCUT2D eigenvalue weighted by molar-refractivity contribution is 0.166. The Labute approximate surface area is 117 Å². The second kappa shape index (κ2) is 4.75. The van der Waals surface area contributed by atoms with Gasteiger partial charge in [0.25, 0.3) is 10.1 Å². The van der Waals surface area contributed by atoms with Gasteiger partial charge in [-0.3, -0.25) is 9.28 Å². The summed E-state index contributed by atoms with van der Waals surface area (Å²) in [6.07, 6.45) is 5.74. The van der Waals surface area contributed by atoms with Crippen LogP contribution in [0.2, 0.25) is 0 Å². The van der Waals surface area contributed by atoms with E-state index in [4.69, 9.17) is 4.18 Å². The molecule has 0 spiro atoms. The first kappa shape index (κ1) is 13.4. The summed E-state index contributed by atoms with van der Waals surface area (Å²) < 4.78 is 27.3. The minimum atomic E-state index is -3.41. The Morgan fingerprint density at radius 3 is 2.90 bits per heavy atom. The number of anilines is 1. The predicted molar refractivity (Wildman–Crippen MR) is 77.1 cm³/mol. The molecule has 0 amide bonds. The van der Waals surface area contributed by atoms with Crippen LogP contribution < -0.4 is 5.32 Å². The molecule has 7 heteroatoms. The largest absolute Gasteiger partial charge is 0.377 e. The zero-order chi connectivity index (χ0) is 14.2. The summed E-state index contributed by atoms with van der Waals surface area (Å²) in [7, 11) is -3.41. The number of aromatic nitrogens is 2. The van der Waals surface area contributed by atoms with Gasteiger partial charge in [-0.05, 0) is 37.5 Å². The van der Waals surface area contributed by atoms with E-state index in [0.29, 0.717) is 0 Å². The first-order valence-corrected chi connectivity index (χ1v) is 8.33. The summed E-state index contributed by atoms with van der Waals surface area (Å²) in [5.41, 5.74) is 1.65. The van der Waals surface area contributed by atoms with Gasteiger partial charge in [-0.2, -0.15) is 13.5 Å². The second-order valence-corrected chi connectivity index (χ2v) is 7.04. The van der Waals surface area contributed by atoms with Gasteiger partial charge in [0, 0.05) is 11.1 Å². The summed E-state index contributed by atoms with van der Waals surface area (Å²) in [6, 6.07) is 5.91. The summed E-state index contributed by atoms with van der Waals surface area (Å²) in [4.78, 5) is 0. The van der Waals surface area contributed by atoms with E-state index in [0.717, 1.165) is 42.1 Å². The van der Waals surface area contributed by atoms with E-state index in [9.17, 15) is 8.42 Å². The average molecular weight is 295 g/mol. The maximum atomic E-state index is 11.1. The van der Waals surface area contributed by atoms with Crippen molar-refractivity contribution in [3.8, 4) is 0 Å². The highest BCUT2D eigenvalue weighted by Gasteiger charge is 2.38. The molecule has 0 unspecified atom stereocenters. The molecule has 0 radical (unpaired) electrons. The molecule has 0 saturated heterocycles. The number of nitrogens with zero attached hydrogens (tertiary/aromatic N) is 1. The van der Waals surface area contributed by atoms with Crippen LogP contribution in [-0.4, -0.2) is 37.0 Å². The summed E-state index contributed by atoms with van der Waals surface area (Å²) in [5, 5.41) is 11.3. The number of aromatic amines is 1. The molecule has 2 N–H and O–H groups in total. The molecule has 0 atom stereocenters. The van der Waals surface area contributed by atoms with Crippen molar-refractivity contribution in [3.63, 3.8) is 0 Å². The number of H-pyrrole nitrogens is 1. The molecule has 2 aromatic rings. The lowest BCUT2D eigenvalue weighted by atomic mass is 9.77. The topological polar surface area (TPSA) is 84.1 Å². The van der Waals surface area contributed by atoms with Crippen LogP contribution in [0.5, 0.6) is 0 Å². The molecule has 0 aliphatic heterocycles. The predicted octanol–water partition coefficient (Wildman–Crippen LogP) is 1.87. The fourth-order valence-corrected chi connectivity index (χ4v) is 2.90. The van der Waals surface area contributed by atoms with Crippen LogP contribution in [0.3, 0.4) is 0 Å². The molecule has 6 nitrogen and oxygen atoms in total. The van der Waals surface area contributed by atoms with Gasteiger partial charge >= 0.3 is 0 Å². The van der Waals surface area contributed by atoms with Crippen molar-refractivity contribution in [2.24, 2.45) is 0 Å². The number of nitrogens with one attached hydrogen (secondary N) is 2. The van der Waals surface area contributed by atoms with Gasteiger partial charge in [-0.15, -0.1) is 0 Å². The smallest absolute Gasteiger partial charge is 0.264 e. The van der Waals surface area contributed by atoms with E-state index in [1.54, 1.807) is 6.20 Å². The molecule has 1 aromatic heterocycles. The standard InChI is InChI=1S/C13H17N3O3S/c1-20(17,18)19-9-13(5-2-6-13)15-11-3-4-12-10(7-11)8-14-16-12/h3-4,7-8,15H,2,5-6,9H2,1H3,(H,14,16). The third-order valence-electron chi connectivity index (χ3n) is 3.71. The van der Waals surface area contributed by atoms with Crippen LogP contribution in [0.15, 0.2) is 24.4 Å². The molecule has 20 heavy (non-hydrogen) atoms. The first-order chi connectivity index (χ1) is 9.46. The Morgan fingerprint density at radius 2 is 2.25 bits per heavy atom. The Balaban J connectivity index is 1.76. The Hall–Kier alpha value is -1.60. The molecule has 0 bridgehead atoms. The van der Waals surface area contributed by atoms with Gasteiger partial charge in [0.1, 0.15) is 0 Å². The summed E-state index contributed by atoms with van der Waals surface area (Å²) >= 11 is 0. The fourth-order valence-electron chi connectivity index (χ4n) is 2.46. The van der Waals surface area contributed by atoms with E-state index in [1.165, 1.54) is 0 Å². The molecule has 1 heterocycles. The van der Waals surface area contributed by atoms with E-state index >= 15 is 0 Å². The van der Waals surface area contributed by atoms with Crippen molar-refractivity contribution < 1.29 is 12.6 Å². The van der Waals surface area contributed by atoms with Crippen molar-refractivity contribution in [2.45, 2.75) is 24.8 Å². The number of benzene rings is 1. The lowest BCUT2D eigenvalue weighted by Gasteiger charge is -2.42. The van der Waals surface area contributed by atoms with Crippen molar-refractivity contribution in [2.75, 3.05) is 18.2 Å². The third kappa shape index (κ3) is 2.78. The summed E-state index contributed by atoms with van der Waals surface area (Å²) in [6.45, 7) is 0.176. The Bertz CT molecular complexity index is 719. The third-order valence-corrected chi connectivity index (χ3v) is 4.26. The minimum Gasteiger partial charge on any atom is -0.377 e. The quantitative estimate of drug-likeness (QED) is 0.823. The van der Waals surface area contributed by atoms with Crippen LogP contribution >= 0.6 is 0 Å². The molecule has 1 fully saturated rings. The highest BCUT2D eigenvalue weighted by Crippen LogP contribution is 2.36. The number of rotatable bonds is 5. The van der Waals surface area contributed by atoms with Crippen LogP contribution in [-0.2, 0) is 14.3 Å². The Morgan fingerprint density at radius 1 is 1.45 bits per heavy atom. The highest BCUT2D eigenvalue weighted by atomic mass is 32.2. The first-order valence-electron chi connectivity index (χ1n) is 6.52. The maximum Gasteiger partial charge on any atom is 0.264 e. The fraction of sp³-hybridized carbons (Fsp3) is 0.462. The van der Waals surface area contributed by atoms with E-state index in [2.05, 4.69) is 15.5 Å². The molecular formula is C13H17N3O3S. The molecule has 108 valence electrons. The van der Waals surface area contributed by atoms with Crippen LogP contribution in [0, 0.1) is 0 Å². The van der Waals surface area contributed by atoms with Crippen molar-refractivity contribution in [3.05, 3.63) is 24.4 Å². The summed E-state index contributed by atoms with van der Waals surface area (Å²) in [5.74, 6) is 0. The maximum absolute atomic E-state index is 11.1. The monoisotopic (exact) mass is 295 g/mol. The van der Waals surface area contributed by atoms with Crippen LogP contribution in [0.25, 0.3) is 10.9 Å². The second-order valence-electron chi connectivity index (χ2n) is 5.40. The number of fused-ring (bicyclic) bond motifs is 1. The normalized spacial score (nSPS) is 17.9. The molecule has 1 aliphatic rings. The molecule has 1 aromatic carbocycles. The Kier molecular flexibility index (Phi) is 3.18. The van der Waals surface area contributed by atoms with Gasteiger partial charge in [0.05, 0.1) is 30.1 Å². The van der Waals surface area contributed by atoms with E-state index < -0.39 is 10.1 Å². The average Bonchev–Trinajstić information content (AvgIpc) is 2.78. The minimum absolute atomic E-state index is 0.176. The van der Waals surface area contributed by atoms with Gasteiger partial charge in [0.2, 0.25) is 0 Å². The molecule has 3 rings (SSSR count).